The number of hydrogen-bond donors (Lipinski definition) is 1. The van der Waals surface area contributed by atoms with E-state index < -0.39 is 0 Å². The fourth-order valence-corrected chi connectivity index (χ4v) is 3.26. The molecule has 0 atom stereocenters. The molecule has 0 aliphatic heterocycles. The molecule has 2 aromatic rings. The van der Waals surface area contributed by atoms with Gasteiger partial charge in [0.15, 0.2) is 0 Å². The molecule has 0 spiro atoms. The fraction of sp³-hybridized carbons (Fsp3) is 0.357. The second-order valence-corrected chi connectivity index (χ2v) is 6.04. The lowest BCUT2D eigenvalue weighted by Gasteiger charge is -2.03. The van der Waals surface area contributed by atoms with Gasteiger partial charge in [0.1, 0.15) is 5.01 Å². The van der Waals surface area contributed by atoms with Crippen LogP contribution in [0.15, 0.2) is 24.3 Å². The Labute approximate surface area is 117 Å². The number of benzene rings is 1. The molecule has 0 amide bonds. The van der Waals surface area contributed by atoms with Crippen LogP contribution in [-0.2, 0) is 6.54 Å². The van der Waals surface area contributed by atoms with Crippen LogP contribution in [-0.4, -0.2) is 12.0 Å². The van der Waals surface area contributed by atoms with E-state index in [0.29, 0.717) is 5.92 Å². The molecule has 1 aromatic heterocycles. The highest BCUT2D eigenvalue weighted by Crippen LogP contribution is 2.32. The second-order valence-electron chi connectivity index (χ2n) is 4.52. The lowest BCUT2D eigenvalue weighted by Crippen LogP contribution is -2.06. The maximum absolute atomic E-state index is 6.03. The summed E-state index contributed by atoms with van der Waals surface area (Å²) in [6.45, 7) is 5.22. The Morgan fingerprint density at radius 1 is 1.39 bits per heavy atom. The summed E-state index contributed by atoms with van der Waals surface area (Å²) < 4.78 is 0. The van der Waals surface area contributed by atoms with Gasteiger partial charge in [0, 0.05) is 22.0 Å². The predicted octanol–water partition coefficient (Wildman–Crippen LogP) is 4.31. The summed E-state index contributed by atoms with van der Waals surface area (Å²) in [5, 5.41) is 5.00. The first-order chi connectivity index (χ1) is 8.61. The molecule has 96 valence electrons. The molecule has 2 nitrogen and oxygen atoms in total. The highest BCUT2D eigenvalue weighted by atomic mass is 35.5. The standard InChI is InChI=1S/C14H17ClN2S/c1-9(2)13-12(8-16-3)18-14(17-13)10-5-4-6-11(15)7-10/h4-7,9,16H,8H2,1-3H3. The Morgan fingerprint density at radius 2 is 2.17 bits per heavy atom. The van der Waals surface area contributed by atoms with Crippen LogP contribution in [0, 0.1) is 0 Å². The molecule has 0 saturated heterocycles. The van der Waals surface area contributed by atoms with Crippen LogP contribution in [0.1, 0.15) is 30.3 Å². The number of rotatable bonds is 4. The third kappa shape index (κ3) is 2.91. The molecule has 0 saturated carbocycles. The van der Waals surface area contributed by atoms with E-state index in [1.807, 2.05) is 25.2 Å². The highest BCUT2D eigenvalue weighted by molar-refractivity contribution is 7.15. The van der Waals surface area contributed by atoms with Crippen molar-refractivity contribution >= 4 is 22.9 Å². The van der Waals surface area contributed by atoms with E-state index in [4.69, 9.17) is 16.6 Å². The topological polar surface area (TPSA) is 24.9 Å². The molecule has 1 heterocycles. The van der Waals surface area contributed by atoms with E-state index in [1.54, 1.807) is 11.3 Å². The summed E-state index contributed by atoms with van der Waals surface area (Å²) in [6, 6.07) is 7.87. The van der Waals surface area contributed by atoms with Crippen LogP contribution < -0.4 is 5.32 Å². The Balaban J connectivity index is 2.43. The quantitative estimate of drug-likeness (QED) is 0.903. The molecule has 0 unspecified atom stereocenters. The second kappa shape index (κ2) is 5.83. The number of nitrogens with one attached hydrogen (secondary N) is 1. The van der Waals surface area contributed by atoms with Gasteiger partial charge in [0.2, 0.25) is 0 Å². The van der Waals surface area contributed by atoms with Crippen molar-refractivity contribution in [3.8, 4) is 10.6 Å². The SMILES string of the molecule is CNCc1sc(-c2cccc(Cl)c2)nc1C(C)C. The van der Waals surface area contributed by atoms with E-state index in [1.165, 1.54) is 10.6 Å². The summed E-state index contributed by atoms with van der Waals surface area (Å²) in [5.41, 5.74) is 2.28. The van der Waals surface area contributed by atoms with Gasteiger partial charge in [-0.3, -0.25) is 0 Å². The van der Waals surface area contributed by atoms with Crippen molar-refractivity contribution in [2.45, 2.75) is 26.3 Å². The molecule has 1 aromatic carbocycles. The molecule has 0 fully saturated rings. The lowest BCUT2D eigenvalue weighted by molar-refractivity contribution is 0.771. The van der Waals surface area contributed by atoms with Crippen molar-refractivity contribution in [2.24, 2.45) is 0 Å². The van der Waals surface area contributed by atoms with Crippen molar-refractivity contribution in [2.75, 3.05) is 7.05 Å². The van der Waals surface area contributed by atoms with E-state index in [-0.39, 0.29) is 0 Å². The van der Waals surface area contributed by atoms with Gasteiger partial charge in [-0.2, -0.15) is 0 Å². The molecule has 0 bridgehead atoms. The summed E-state index contributed by atoms with van der Waals surface area (Å²) in [5.74, 6) is 0.442. The maximum atomic E-state index is 6.03. The zero-order chi connectivity index (χ0) is 13.1. The van der Waals surface area contributed by atoms with Gasteiger partial charge in [0.25, 0.3) is 0 Å². The smallest absolute Gasteiger partial charge is 0.123 e. The zero-order valence-corrected chi connectivity index (χ0v) is 12.4. The summed E-state index contributed by atoms with van der Waals surface area (Å²) in [7, 11) is 1.96. The lowest BCUT2D eigenvalue weighted by atomic mass is 10.1. The van der Waals surface area contributed by atoms with Gasteiger partial charge in [0.05, 0.1) is 5.69 Å². The summed E-state index contributed by atoms with van der Waals surface area (Å²) >= 11 is 7.77. The number of nitrogens with zero attached hydrogens (tertiary/aromatic N) is 1. The summed E-state index contributed by atoms with van der Waals surface area (Å²) in [6.07, 6.45) is 0. The van der Waals surface area contributed by atoms with Crippen molar-refractivity contribution in [3.63, 3.8) is 0 Å². The van der Waals surface area contributed by atoms with Crippen LogP contribution in [0.4, 0.5) is 0 Å². The normalized spacial score (nSPS) is 11.2. The van der Waals surface area contributed by atoms with E-state index in [9.17, 15) is 0 Å². The van der Waals surface area contributed by atoms with Gasteiger partial charge < -0.3 is 5.32 Å². The Bertz CT molecular complexity index is 534. The number of thiazole rings is 1. The Morgan fingerprint density at radius 3 is 2.78 bits per heavy atom. The maximum Gasteiger partial charge on any atom is 0.123 e. The minimum absolute atomic E-state index is 0.442. The number of aromatic nitrogens is 1. The number of hydrogen-bond acceptors (Lipinski definition) is 3. The van der Waals surface area contributed by atoms with Gasteiger partial charge in [-0.05, 0) is 25.1 Å². The van der Waals surface area contributed by atoms with Gasteiger partial charge >= 0.3 is 0 Å². The molecule has 0 radical (unpaired) electrons. The van der Waals surface area contributed by atoms with Crippen molar-refractivity contribution in [1.82, 2.24) is 10.3 Å². The molecule has 2 rings (SSSR count). The largest absolute Gasteiger partial charge is 0.315 e. The van der Waals surface area contributed by atoms with Crippen LogP contribution in [0.25, 0.3) is 10.6 Å². The van der Waals surface area contributed by atoms with Crippen LogP contribution >= 0.6 is 22.9 Å². The Hall–Kier alpha value is -0.900. The predicted molar refractivity (Wildman–Crippen MR) is 79.4 cm³/mol. The molecular weight excluding hydrogens is 264 g/mol. The molecule has 0 aliphatic rings. The third-order valence-corrected chi connectivity index (χ3v) is 4.04. The summed E-state index contributed by atoms with van der Waals surface area (Å²) in [4.78, 5) is 6.07. The van der Waals surface area contributed by atoms with Crippen LogP contribution in [0.3, 0.4) is 0 Å². The molecule has 0 aliphatic carbocycles. The zero-order valence-electron chi connectivity index (χ0n) is 10.8. The van der Waals surface area contributed by atoms with Crippen LogP contribution in [0.5, 0.6) is 0 Å². The molecule has 1 N–H and O–H groups in total. The minimum Gasteiger partial charge on any atom is -0.315 e. The first kappa shape index (κ1) is 13.5. The minimum atomic E-state index is 0.442. The number of halogens is 1. The van der Waals surface area contributed by atoms with E-state index in [0.717, 1.165) is 22.1 Å². The highest BCUT2D eigenvalue weighted by Gasteiger charge is 2.14. The molecule has 18 heavy (non-hydrogen) atoms. The van der Waals surface area contributed by atoms with Gasteiger partial charge in [-0.1, -0.05) is 37.6 Å². The fourth-order valence-electron chi connectivity index (χ4n) is 1.85. The third-order valence-electron chi connectivity index (χ3n) is 2.68. The molecule has 4 heteroatoms. The first-order valence-corrected chi connectivity index (χ1v) is 7.21. The average molecular weight is 281 g/mol. The van der Waals surface area contributed by atoms with Crippen LogP contribution in [0.2, 0.25) is 5.02 Å². The molecular formula is C14H17ClN2S. The van der Waals surface area contributed by atoms with Crippen molar-refractivity contribution in [3.05, 3.63) is 39.9 Å². The van der Waals surface area contributed by atoms with Crippen molar-refractivity contribution in [1.29, 1.82) is 0 Å². The average Bonchev–Trinajstić information content (AvgIpc) is 2.74. The first-order valence-electron chi connectivity index (χ1n) is 6.02. The van der Waals surface area contributed by atoms with E-state index in [2.05, 4.69) is 25.2 Å². The van der Waals surface area contributed by atoms with Gasteiger partial charge in [-0.25, -0.2) is 4.98 Å². The van der Waals surface area contributed by atoms with Gasteiger partial charge in [-0.15, -0.1) is 11.3 Å². The van der Waals surface area contributed by atoms with Crippen molar-refractivity contribution < 1.29 is 0 Å². The monoisotopic (exact) mass is 280 g/mol. The Kier molecular flexibility index (Phi) is 4.38. The van der Waals surface area contributed by atoms with E-state index >= 15 is 0 Å².